The molecule has 3 rings (SSSR count). The quantitative estimate of drug-likeness (QED) is 0.487. The Morgan fingerprint density at radius 2 is 1.59 bits per heavy atom. The van der Waals surface area contributed by atoms with E-state index in [9.17, 15) is 0 Å². The van der Waals surface area contributed by atoms with Gasteiger partial charge in [0.1, 0.15) is 0 Å². The summed E-state index contributed by atoms with van der Waals surface area (Å²) in [5.74, 6) is 0. The lowest BCUT2D eigenvalue weighted by molar-refractivity contribution is 0.587. The summed E-state index contributed by atoms with van der Waals surface area (Å²) >= 11 is 12.0. The Morgan fingerprint density at radius 3 is 2.22 bits per heavy atom. The van der Waals surface area contributed by atoms with Crippen LogP contribution in [0.4, 0.5) is 0 Å². The van der Waals surface area contributed by atoms with Crippen LogP contribution >= 0.6 is 23.2 Å². The summed E-state index contributed by atoms with van der Waals surface area (Å²) in [6.07, 6.45) is 5.03. The van der Waals surface area contributed by atoms with Crippen molar-refractivity contribution in [2.45, 2.75) is 39.2 Å². The van der Waals surface area contributed by atoms with Gasteiger partial charge in [-0.2, -0.15) is 0 Å². The Kier molecular flexibility index (Phi) is 8.73. The highest BCUT2D eigenvalue weighted by Crippen LogP contribution is 2.29. The molecule has 3 aromatic rings. The second-order valence-corrected chi connectivity index (χ2v) is 6.98. The first-order valence-electron chi connectivity index (χ1n) is 9.14. The lowest BCUT2D eigenvalue weighted by Gasteiger charge is -2.07. The van der Waals surface area contributed by atoms with Gasteiger partial charge in [0, 0.05) is 11.6 Å². The van der Waals surface area contributed by atoms with Gasteiger partial charge < -0.3 is 5.73 Å². The molecule has 1 aromatic heterocycles. The molecule has 1 heterocycles. The molecule has 5 heteroatoms. The fourth-order valence-corrected chi connectivity index (χ4v) is 2.93. The van der Waals surface area contributed by atoms with E-state index in [1.54, 1.807) is 0 Å². The minimum absolute atomic E-state index is 0.189. The number of nitrogens with zero attached hydrogens (tertiary/aromatic N) is 2. The molecular formula is C22H25Cl2N3. The zero-order chi connectivity index (χ0) is 19.6. The number of nitrogens with two attached hydrogens (primary N) is 1. The maximum atomic E-state index is 6.15. The van der Waals surface area contributed by atoms with E-state index in [1.165, 1.54) is 19.0 Å². The van der Waals surface area contributed by atoms with E-state index in [0.29, 0.717) is 16.8 Å². The van der Waals surface area contributed by atoms with Crippen LogP contribution in [0.2, 0.25) is 10.3 Å². The summed E-state index contributed by atoms with van der Waals surface area (Å²) in [5.41, 5.74) is 9.39. The van der Waals surface area contributed by atoms with E-state index in [2.05, 4.69) is 42.0 Å². The van der Waals surface area contributed by atoms with Crippen LogP contribution in [0, 0.1) is 0 Å². The highest BCUT2D eigenvalue weighted by atomic mass is 35.5. The Bertz CT molecular complexity index is 838. The second-order valence-electron chi connectivity index (χ2n) is 6.24. The summed E-state index contributed by atoms with van der Waals surface area (Å²) < 4.78 is 0. The van der Waals surface area contributed by atoms with Crippen molar-refractivity contribution in [3.05, 3.63) is 71.1 Å². The van der Waals surface area contributed by atoms with Crippen LogP contribution in [-0.2, 0) is 0 Å². The van der Waals surface area contributed by atoms with Crippen molar-refractivity contribution in [1.29, 1.82) is 0 Å². The molecule has 3 nitrogen and oxygen atoms in total. The highest BCUT2D eigenvalue weighted by Gasteiger charge is 2.08. The Balaban J connectivity index is 0.000000321. The van der Waals surface area contributed by atoms with E-state index in [4.69, 9.17) is 28.9 Å². The maximum absolute atomic E-state index is 6.15. The number of hydrogen-bond acceptors (Lipinski definition) is 3. The largest absolute Gasteiger partial charge is 0.328 e. The molecule has 2 aromatic carbocycles. The lowest BCUT2D eigenvalue weighted by Crippen LogP contribution is -2.17. The summed E-state index contributed by atoms with van der Waals surface area (Å²) in [6, 6.07) is 18.6. The zero-order valence-corrected chi connectivity index (χ0v) is 17.2. The van der Waals surface area contributed by atoms with Crippen LogP contribution in [0.3, 0.4) is 0 Å². The first kappa shape index (κ1) is 21.4. The third-order valence-electron chi connectivity index (χ3n) is 4.14. The molecule has 1 unspecified atom stereocenters. The molecule has 0 aliphatic heterocycles. The van der Waals surface area contributed by atoms with Gasteiger partial charge in [0.25, 0.3) is 0 Å². The third kappa shape index (κ3) is 6.62. The van der Waals surface area contributed by atoms with E-state index >= 15 is 0 Å². The van der Waals surface area contributed by atoms with Gasteiger partial charge in [-0.15, -0.1) is 0 Å². The van der Waals surface area contributed by atoms with Gasteiger partial charge >= 0.3 is 0 Å². The van der Waals surface area contributed by atoms with Gasteiger partial charge in [-0.25, -0.2) is 9.97 Å². The number of aromatic nitrogens is 2. The molecule has 0 aliphatic rings. The average Bonchev–Trinajstić information content (AvgIpc) is 2.71. The van der Waals surface area contributed by atoms with Gasteiger partial charge in [0.2, 0.25) is 5.28 Å². The number of rotatable bonds is 5. The lowest BCUT2D eigenvalue weighted by atomic mass is 10.0. The smallest absolute Gasteiger partial charge is 0.222 e. The third-order valence-corrected chi connectivity index (χ3v) is 4.60. The number of halogens is 2. The zero-order valence-electron chi connectivity index (χ0n) is 15.7. The molecule has 0 saturated carbocycles. The molecular weight excluding hydrogens is 377 g/mol. The first-order chi connectivity index (χ1) is 13.0. The normalized spacial score (nSPS) is 11.4. The van der Waals surface area contributed by atoms with Gasteiger partial charge in [-0.05, 0) is 41.6 Å². The first-order valence-corrected chi connectivity index (χ1v) is 9.90. The molecule has 27 heavy (non-hydrogen) atoms. The van der Waals surface area contributed by atoms with Crippen molar-refractivity contribution in [2.24, 2.45) is 5.73 Å². The minimum atomic E-state index is 0.189. The van der Waals surface area contributed by atoms with Crippen molar-refractivity contribution in [3.8, 4) is 22.4 Å². The van der Waals surface area contributed by atoms with Crippen molar-refractivity contribution in [3.63, 3.8) is 0 Å². The summed E-state index contributed by atoms with van der Waals surface area (Å²) in [6.45, 7) is 4.29. The van der Waals surface area contributed by atoms with Gasteiger partial charge in [0.15, 0.2) is 0 Å². The monoisotopic (exact) mass is 401 g/mol. The van der Waals surface area contributed by atoms with Crippen molar-refractivity contribution >= 4 is 23.2 Å². The molecule has 0 bridgehead atoms. The molecule has 0 spiro atoms. The van der Waals surface area contributed by atoms with E-state index in [-0.39, 0.29) is 5.28 Å². The van der Waals surface area contributed by atoms with Crippen LogP contribution in [0.15, 0.2) is 60.8 Å². The molecule has 0 amide bonds. The Labute approximate surface area is 171 Å². The van der Waals surface area contributed by atoms with Crippen LogP contribution < -0.4 is 5.73 Å². The molecule has 2 N–H and O–H groups in total. The molecule has 0 saturated heterocycles. The molecule has 142 valence electrons. The number of hydrogen-bond donors (Lipinski definition) is 1. The van der Waals surface area contributed by atoms with Crippen LogP contribution in [0.25, 0.3) is 22.4 Å². The van der Waals surface area contributed by atoms with E-state index in [0.717, 1.165) is 23.1 Å². The summed E-state index contributed by atoms with van der Waals surface area (Å²) in [5, 5.41) is 0.675. The van der Waals surface area contributed by atoms with Crippen LogP contribution in [0.5, 0.6) is 0 Å². The highest BCUT2D eigenvalue weighted by molar-refractivity contribution is 6.33. The SMILES string of the molecule is CCCC(N)CC.Clc1ncc(Cl)c(-c2cccc(-c3ccccc3)c2)n1. The van der Waals surface area contributed by atoms with Gasteiger partial charge in [-0.1, -0.05) is 80.4 Å². The fourth-order valence-electron chi connectivity index (χ4n) is 2.60. The van der Waals surface area contributed by atoms with Crippen molar-refractivity contribution < 1.29 is 0 Å². The average molecular weight is 402 g/mol. The van der Waals surface area contributed by atoms with Crippen LogP contribution in [-0.4, -0.2) is 16.0 Å². The van der Waals surface area contributed by atoms with Crippen LogP contribution in [0.1, 0.15) is 33.1 Å². The predicted octanol–water partition coefficient (Wildman–Crippen LogP) is 6.64. The van der Waals surface area contributed by atoms with Crippen molar-refractivity contribution in [1.82, 2.24) is 9.97 Å². The summed E-state index contributed by atoms with van der Waals surface area (Å²) in [7, 11) is 0. The van der Waals surface area contributed by atoms with E-state index < -0.39 is 0 Å². The van der Waals surface area contributed by atoms with Gasteiger partial charge in [0.05, 0.1) is 16.9 Å². The van der Waals surface area contributed by atoms with Gasteiger partial charge in [-0.3, -0.25) is 0 Å². The second kappa shape index (κ2) is 11.0. The molecule has 0 aliphatic carbocycles. The Morgan fingerprint density at radius 1 is 0.926 bits per heavy atom. The molecule has 1 atom stereocenters. The number of benzene rings is 2. The molecule has 0 radical (unpaired) electrons. The van der Waals surface area contributed by atoms with E-state index in [1.807, 2.05) is 36.4 Å². The predicted molar refractivity (Wildman–Crippen MR) is 116 cm³/mol. The van der Waals surface area contributed by atoms with Crippen molar-refractivity contribution in [2.75, 3.05) is 0 Å². The summed E-state index contributed by atoms with van der Waals surface area (Å²) in [4.78, 5) is 8.07. The maximum Gasteiger partial charge on any atom is 0.222 e. The minimum Gasteiger partial charge on any atom is -0.328 e. The topological polar surface area (TPSA) is 51.8 Å². The molecule has 0 fully saturated rings. The fraction of sp³-hybridized carbons (Fsp3) is 0.273. The standard InChI is InChI=1S/C16H10Cl2N2.C6H15N/c17-14-10-19-16(18)20-15(14)13-8-4-7-12(9-13)11-5-2-1-3-6-11;1-3-5-6(7)4-2/h1-10H;6H,3-5,7H2,1-2H3. The Hall–Kier alpha value is -1.94.